The number of hydrogen-bond donors (Lipinski definition) is 1. The molecule has 2 aromatic rings. The van der Waals surface area contributed by atoms with Gasteiger partial charge in [-0.3, -0.25) is 4.79 Å². The first-order valence-electron chi connectivity index (χ1n) is 7.35. The van der Waals surface area contributed by atoms with Gasteiger partial charge in [0.05, 0.1) is 17.6 Å². The van der Waals surface area contributed by atoms with Crippen molar-refractivity contribution in [2.24, 2.45) is 0 Å². The maximum Gasteiger partial charge on any atom is 0.259 e. The topological polar surface area (TPSA) is 75.7 Å². The van der Waals surface area contributed by atoms with Crippen molar-refractivity contribution in [3.8, 4) is 5.75 Å². The van der Waals surface area contributed by atoms with Gasteiger partial charge in [0, 0.05) is 19.8 Å². The SMILES string of the molecule is COc1ccc(F)cc1C(=O)Nc1cc(S(=O)(=O)N(C)C)ccc1C. The fraction of sp³-hybridized carbons (Fsp3) is 0.235. The van der Waals surface area contributed by atoms with Gasteiger partial charge in [-0.25, -0.2) is 17.1 Å². The number of nitrogens with one attached hydrogen (secondary N) is 1. The maximum atomic E-state index is 13.5. The Morgan fingerprint density at radius 2 is 1.84 bits per heavy atom. The van der Waals surface area contributed by atoms with Gasteiger partial charge in [0.25, 0.3) is 5.91 Å². The monoisotopic (exact) mass is 366 g/mol. The van der Waals surface area contributed by atoms with Crippen LogP contribution in [0.15, 0.2) is 41.3 Å². The van der Waals surface area contributed by atoms with Crippen LogP contribution in [0.3, 0.4) is 0 Å². The molecule has 0 radical (unpaired) electrons. The number of benzene rings is 2. The van der Waals surface area contributed by atoms with Crippen LogP contribution in [-0.2, 0) is 10.0 Å². The largest absolute Gasteiger partial charge is 0.496 e. The van der Waals surface area contributed by atoms with Gasteiger partial charge in [0.2, 0.25) is 10.0 Å². The van der Waals surface area contributed by atoms with Crippen molar-refractivity contribution in [3.63, 3.8) is 0 Å². The zero-order chi connectivity index (χ0) is 18.8. The van der Waals surface area contributed by atoms with Crippen molar-refractivity contribution in [1.29, 1.82) is 0 Å². The molecule has 134 valence electrons. The molecule has 0 aliphatic heterocycles. The number of hydrogen-bond acceptors (Lipinski definition) is 4. The quantitative estimate of drug-likeness (QED) is 0.883. The predicted molar refractivity (Wildman–Crippen MR) is 93.0 cm³/mol. The molecule has 0 atom stereocenters. The highest BCUT2D eigenvalue weighted by Gasteiger charge is 2.20. The number of carbonyl (C=O) groups excluding carboxylic acids is 1. The summed E-state index contributed by atoms with van der Waals surface area (Å²) in [5.74, 6) is -0.959. The molecule has 25 heavy (non-hydrogen) atoms. The van der Waals surface area contributed by atoms with E-state index in [1.807, 2.05) is 0 Å². The van der Waals surface area contributed by atoms with E-state index in [2.05, 4.69) is 5.32 Å². The highest BCUT2D eigenvalue weighted by molar-refractivity contribution is 7.89. The standard InChI is InChI=1S/C17H19FN2O4S/c1-11-5-7-13(25(22,23)20(2)3)10-15(11)19-17(21)14-9-12(18)6-8-16(14)24-4/h5-10H,1-4H3,(H,19,21). The first kappa shape index (κ1) is 18.9. The van der Waals surface area contributed by atoms with Crippen molar-refractivity contribution >= 4 is 21.6 Å². The Kier molecular flexibility index (Phi) is 5.44. The molecule has 0 fully saturated rings. The van der Waals surface area contributed by atoms with Crippen LogP contribution in [0.5, 0.6) is 5.75 Å². The lowest BCUT2D eigenvalue weighted by atomic mass is 10.1. The van der Waals surface area contributed by atoms with Crippen molar-refractivity contribution in [2.45, 2.75) is 11.8 Å². The summed E-state index contributed by atoms with van der Waals surface area (Å²) in [7, 11) is 0.579. The first-order valence-corrected chi connectivity index (χ1v) is 8.79. The molecule has 1 amide bonds. The lowest BCUT2D eigenvalue weighted by Crippen LogP contribution is -2.22. The highest BCUT2D eigenvalue weighted by atomic mass is 32.2. The molecule has 0 aromatic heterocycles. The van der Waals surface area contributed by atoms with Gasteiger partial charge in [0.15, 0.2) is 0 Å². The summed E-state index contributed by atoms with van der Waals surface area (Å²) in [5, 5.41) is 2.61. The van der Waals surface area contributed by atoms with Crippen LogP contribution >= 0.6 is 0 Å². The second-order valence-electron chi connectivity index (χ2n) is 5.56. The van der Waals surface area contributed by atoms with Crippen molar-refractivity contribution in [1.82, 2.24) is 4.31 Å². The Balaban J connectivity index is 2.41. The minimum Gasteiger partial charge on any atom is -0.496 e. The average molecular weight is 366 g/mol. The van der Waals surface area contributed by atoms with Crippen molar-refractivity contribution in [3.05, 3.63) is 53.3 Å². The van der Waals surface area contributed by atoms with E-state index in [1.165, 1.54) is 45.5 Å². The smallest absolute Gasteiger partial charge is 0.259 e. The number of anilines is 1. The third-order valence-electron chi connectivity index (χ3n) is 3.64. The minimum atomic E-state index is -3.64. The van der Waals surface area contributed by atoms with Gasteiger partial charge < -0.3 is 10.1 Å². The second kappa shape index (κ2) is 7.20. The molecule has 0 bridgehead atoms. The number of amides is 1. The number of methoxy groups -OCH3 is 1. The van der Waals surface area contributed by atoms with Crippen LogP contribution in [0, 0.1) is 12.7 Å². The number of rotatable bonds is 5. The molecule has 0 saturated heterocycles. The summed E-state index contributed by atoms with van der Waals surface area (Å²) >= 11 is 0. The van der Waals surface area contributed by atoms with E-state index in [1.54, 1.807) is 13.0 Å². The summed E-state index contributed by atoms with van der Waals surface area (Å²) in [5.41, 5.74) is 1.00. The van der Waals surface area contributed by atoms with Crippen LogP contribution in [0.4, 0.5) is 10.1 Å². The number of sulfonamides is 1. The summed E-state index contributed by atoms with van der Waals surface area (Å²) in [4.78, 5) is 12.5. The van der Waals surface area contributed by atoms with Gasteiger partial charge in [-0.2, -0.15) is 0 Å². The van der Waals surface area contributed by atoms with Crippen LogP contribution in [0.25, 0.3) is 0 Å². The third-order valence-corrected chi connectivity index (χ3v) is 5.45. The molecule has 0 saturated carbocycles. The fourth-order valence-electron chi connectivity index (χ4n) is 2.15. The van der Waals surface area contributed by atoms with Crippen LogP contribution < -0.4 is 10.1 Å². The lowest BCUT2D eigenvalue weighted by molar-refractivity contribution is 0.102. The summed E-state index contributed by atoms with van der Waals surface area (Å²) in [6.45, 7) is 1.73. The third kappa shape index (κ3) is 3.97. The molecular formula is C17H19FN2O4S. The number of ether oxygens (including phenoxy) is 1. The summed E-state index contributed by atoms with van der Waals surface area (Å²) < 4.78 is 44.1. The van der Waals surface area contributed by atoms with Crippen LogP contribution in [0.1, 0.15) is 15.9 Å². The number of nitrogens with zero attached hydrogens (tertiary/aromatic N) is 1. The number of halogens is 1. The van der Waals surface area contributed by atoms with E-state index < -0.39 is 21.7 Å². The van der Waals surface area contributed by atoms with Gasteiger partial charge in [0.1, 0.15) is 11.6 Å². The highest BCUT2D eigenvalue weighted by Crippen LogP contribution is 2.25. The Labute approximate surface area is 146 Å². The minimum absolute atomic E-state index is 0.0165. The zero-order valence-corrected chi connectivity index (χ0v) is 15.1. The van der Waals surface area contributed by atoms with E-state index in [-0.39, 0.29) is 16.2 Å². The second-order valence-corrected chi connectivity index (χ2v) is 7.71. The predicted octanol–water partition coefficient (Wildman–Crippen LogP) is 2.65. The molecule has 0 aliphatic carbocycles. The normalized spacial score (nSPS) is 11.4. The number of aryl methyl sites for hydroxylation is 1. The van der Waals surface area contributed by atoms with Crippen molar-refractivity contribution in [2.75, 3.05) is 26.5 Å². The molecule has 0 unspecified atom stereocenters. The summed E-state index contributed by atoms with van der Waals surface area (Å²) in [6.07, 6.45) is 0. The Morgan fingerprint density at radius 1 is 1.16 bits per heavy atom. The molecule has 0 aliphatic rings. The van der Waals surface area contributed by atoms with Gasteiger partial charge in [-0.1, -0.05) is 6.07 Å². The van der Waals surface area contributed by atoms with E-state index in [0.717, 1.165) is 10.4 Å². The van der Waals surface area contributed by atoms with E-state index in [0.29, 0.717) is 11.3 Å². The Bertz CT molecular complexity index is 911. The molecule has 1 N–H and O–H groups in total. The number of carbonyl (C=O) groups is 1. The molecule has 0 heterocycles. The molecule has 0 spiro atoms. The van der Waals surface area contributed by atoms with E-state index in [9.17, 15) is 17.6 Å². The molecular weight excluding hydrogens is 347 g/mol. The Hall–Kier alpha value is -2.45. The van der Waals surface area contributed by atoms with Crippen LogP contribution in [0.2, 0.25) is 0 Å². The van der Waals surface area contributed by atoms with E-state index in [4.69, 9.17) is 4.74 Å². The fourth-order valence-corrected chi connectivity index (χ4v) is 3.08. The van der Waals surface area contributed by atoms with Crippen molar-refractivity contribution < 1.29 is 22.3 Å². The zero-order valence-electron chi connectivity index (χ0n) is 14.3. The Morgan fingerprint density at radius 3 is 2.44 bits per heavy atom. The lowest BCUT2D eigenvalue weighted by Gasteiger charge is -2.15. The molecule has 8 heteroatoms. The molecule has 2 aromatic carbocycles. The first-order chi connectivity index (χ1) is 11.7. The van der Waals surface area contributed by atoms with Gasteiger partial charge >= 0.3 is 0 Å². The van der Waals surface area contributed by atoms with Gasteiger partial charge in [-0.05, 0) is 42.8 Å². The molecule has 2 rings (SSSR count). The average Bonchev–Trinajstić information content (AvgIpc) is 2.56. The maximum absolute atomic E-state index is 13.5. The van der Waals surface area contributed by atoms with Crippen LogP contribution in [-0.4, -0.2) is 39.8 Å². The van der Waals surface area contributed by atoms with Gasteiger partial charge in [-0.15, -0.1) is 0 Å². The van der Waals surface area contributed by atoms with E-state index >= 15 is 0 Å². The molecule has 6 nitrogen and oxygen atoms in total. The summed E-state index contributed by atoms with van der Waals surface area (Å²) in [6, 6.07) is 8.02.